The number of ether oxygens (including phenoxy) is 1. The Morgan fingerprint density at radius 1 is 0.891 bits per heavy atom. The zero-order valence-corrected chi connectivity index (χ0v) is 33.3. The van der Waals surface area contributed by atoms with Gasteiger partial charge < -0.3 is 14.5 Å². The molecule has 3 aliphatic heterocycles. The largest absolute Gasteiger partial charge is 0.385 e. The van der Waals surface area contributed by atoms with Crippen LogP contribution in [0.5, 0.6) is 0 Å². The van der Waals surface area contributed by atoms with E-state index >= 15 is 0 Å². The molecule has 1 saturated heterocycles. The quantitative estimate of drug-likeness (QED) is 0.0710. The number of unbranched alkanes of at least 4 members (excludes halogenated alkanes) is 2. The summed E-state index contributed by atoms with van der Waals surface area (Å²) < 4.78 is 75.3. The molecule has 2 aromatic rings. The van der Waals surface area contributed by atoms with E-state index in [4.69, 9.17) is 9.57 Å². The summed E-state index contributed by atoms with van der Waals surface area (Å²) in [6, 6.07) is 9.16. The molecule has 0 radical (unpaired) electrons. The maximum absolute atomic E-state index is 12.3. The van der Waals surface area contributed by atoms with Gasteiger partial charge in [-0.3, -0.25) is 18.7 Å². The van der Waals surface area contributed by atoms with Gasteiger partial charge in [0.05, 0.1) is 15.2 Å². The fourth-order valence-corrected chi connectivity index (χ4v) is 8.55. The van der Waals surface area contributed by atoms with Crippen molar-refractivity contribution in [2.24, 2.45) is 0 Å². The molecule has 55 heavy (non-hydrogen) atoms. The molecule has 1 atom stereocenters. The van der Waals surface area contributed by atoms with Crippen molar-refractivity contribution in [2.45, 2.75) is 93.3 Å². The van der Waals surface area contributed by atoms with Crippen LogP contribution in [0, 0.1) is 0 Å². The van der Waals surface area contributed by atoms with Crippen LogP contribution in [0.4, 0.5) is 11.4 Å². The lowest BCUT2D eigenvalue weighted by Gasteiger charge is -2.25. The average molecular weight is 799 g/mol. The van der Waals surface area contributed by atoms with Gasteiger partial charge in [-0.15, -0.1) is 5.06 Å². The van der Waals surface area contributed by atoms with E-state index in [1.807, 2.05) is 58.1 Å². The van der Waals surface area contributed by atoms with Gasteiger partial charge in [-0.2, -0.15) is 21.4 Å². The van der Waals surface area contributed by atoms with Crippen LogP contribution in [0.15, 0.2) is 82.3 Å². The van der Waals surface area contributed by atoms with Crippen molar-refractivity contribution in [3.8, 4) is 0 Å². The molecule has 5 rings (SSSR count). The number of amides is 2. The molecular weight excluding hydrogens is 751 g/mol. The van der Waals surface area contributed by atoms with Crippen molar-refractivity contribution >= 4 is 55.1 Å². The number of benzene rings is 2. The molecule has 16 heteroatoms. The van der Waals surface area contributed by atoms with Crippen LogP contribution < -0.4 is 4.90 Å². The number of carbonyl (C=O) groups excluding carboxylic acids is 3. The van der Waals surface area contributed by atoms with E-state index in [0.717, 1.165) is 28.3 Å². The van der Waals surface area contributed by atoms with Gasteiger partial charge in [0.1, 0.15) is 6.54 Å². The molecule has 0 spiro atoms. The topological polar surface area (TPSA) is 188 Å². The molecule has 1 fully saturated rings. The van der Waals surface area contributed by atoms with Crippen molar-refractivity contribution in [3.63, 3.8) is 0 Å². The normalized spacial score (nSPS) is 20.5. The fraction of sp³-hybridized carbons (Fsp3) is 0.436. The summed E-state index contributed by atoms with van der Waals surface area (Å²) in [7, 11) is -7.28. The lowest BCUT2D eigenvalue weighted by molar-refractivity contribution is -0.438. The summed E-state index contributed by atoms with van der Waals surface area (Å²) in [4.78, 5) is 42.6. The molecular formula is C39H48N3O11S2+. The second-order valence-electron chi connectivity index (χ2n) is 14.4. The number of hydrogen-bond acceptors (Lipinski definition) is 10. The number of allylic oxidation sites excluding steroid dienone is 6. The molecule has 2 N–H and O–H groups in total. The third-order valence-corrected chi connectivity index (χ3v) is 12.2. The lowest BCUT2D eigenvalue weighted by atomic mass is 9.76. The third kappa shape index (κ3) is 8.68. The van der Waals surface area contributed by atoms with Crippen LogP contribution in [-0.2, 0) is 55.0 Å². The highest BCUT2D eigenvalue weighted by atomic mass is 32.2. The van der Waals surface area contributed by atoms with Crippen LogP contribution in [0.1, 0.15) is 83.8 Å². The van der Waals surface area contributed by atoms with Crippen molar-refractivity contribution in [1.29, 1.82) is 0 Å². The number of anilines is 1. The van der Waals surface area contributed by atoms with E-state index in [1.54, 1.807) is 19.2 Å². The maximum atomic E-state index is 12.3. The summed E-state index contributed by atoms with van der Waals surface area (Å²) >= 11 is 0. The Bertz CT molecular complexity index is 2210. The molecule has 2 aromatic carbocycles. The Morgan fingerprint density at radius 2 is 1.53 bits per heavy atom. The summed E-state index contributed by atoms with van der Waals surface area (Å²) in [5.41, 5.74) is 3.65. The number of hydroxylamine groups is 2. The molecule has 3 aliphatic rings. The molecule has 0 saturated carbocycles. The highest BCUT2D eigenvalue weighted by Gasteiger charge is 2.48. The minimum Gasteiger partial charge on any atom is -0.385 e. The lowest BCUT2D eigenvalue weighted by Crippen LogP contribution is -2.33. The monoisotopic (exact) mass is 798 g/mol. The standard InChI is InChI=1S/C39H47N3O11S2/c1-6-40-31-18-16-27(54(46,47)48)25-29(31)38(2,3)33(40)13-9-7-10-14-34-39(4,22-24-52-5)30-26-28(55(49,50)51)17-19-32(30)41(34)23-12-8-11-15-37(45)53-42-35(43)20-21-36(42)44/h7,9-10,13-14,16-19,25-26H,6,8,11-12,15,20-24H2,1-5H3,(H-,46,47,48,49,50,51)/p+1. The predicted molar refractivity (Wildman–Crippen MR) is 204 cm³/mol. The van der Waals surface area contributed by atoms with Crippen LogP contribution in [0.2, 0.25) is 0 Å². The third-order valence-electron chi connectivity index (χ3n) is 10.5. The second kappa shape index (κ2) is 16.3. The van der Waals surface area contributed by atoms with Gasteiger partial charge >= 0.3 is 5.97 Å². The van der Waals surface area contributed by atoms with Crippen LogP contribution in [-0.4, -0.2) is 85.9 Å². The SMILES string of the molecule is CCN1/C(=C/C=C/C=C/C2=[N+](CCCCCC(=O)ON3C(=O)CCC3=O)c3ccc(S(=O)(=O)O)cc3C2(C)CCOC)C(C)(C)c2cc(S(=O)(=O)O)ccc21. The van der Waals surface area contributed by atoms with E-state index < -0.39 is 48.8 Å². The first-order chi connectivity index (χ1) is 25.8. The first-order valence-corrected chi connectivity index (χ1v) is 21.0. The number of imide groups is 1. The van der Waals surface area contributed by atoms with Gasteiger partial charge in [0.25, 0.3) is 32.1 Å². The van der Waals surface area contributed by atoms with Gasteiger partial charge in [-0.05, 0) is 75.1 Å². The Hall–Kier alpha value is -4.48. The van der Waals surface area contributed by atoms with Gasteiger partial charge in [-0.25, -0.2) is 4.79 Å². The van der Waals surface area contributed by atoms with Crippen molar-refractivity contribution in [3.05, 3.63) is 83.6 Å². The number of carbonyl (C=O) groups is 3. The van der Waals surface area contributed by atoms with Crippen LogP contribution in [0.25, 0.3) is 0 Å². The van der Waals surface area contributed by atoms with Crippen molar-refractivity contribution in [2.75, 3.05) is 31.7 Å². The van der Waals surface area contributed by atoms with E-state index in [0.29, 0.717) is 56.0 Å². The van der Waals surface area contributed by atoms with Gasteiger partial charge in [0.2, 0.25) is 5.69 Å². The van der Waals surface area contributed by atoms with E-state index in [2.05, 4.69) is 9.48 Å². The number of hydrogen-bond donors (Lipinski definition) is 2. The molecule has 0 aromatic heterocycles. The molecule has 296 valence electrons. The highest BCUT2D eigenvalue weighted by molar-refractivity contribution is 7.86. The van der Waals surface area contributed by atoms with E-state index in [1.165, 1.54) is 24.3 Å². The molecule has 1 unspecified atom stereocenters. The number of nitrogens with zero attached hydrogens (tertiary/aromatic N) is 3. The molecule has 3 heterocycles. The first kappa shape index (κ1) is 41.7. The maximum Gasteiger partial charge on any atom is 0.333 e. The summed E-state index contributed by atoms with van der Waals surface area (Å²) in [5, 5.41) is 0.541. The summed E-state index contributed by atoms with van der Waals surface area (Å²) in [6.07, 6.45) is 11.8. The zero-order valence-electron chi connectivity index (χ0n) is 31.6. The van der Waals surface area contributed by atoms with Crippen LogP contribution in [0.3, 0.4) is 0 Å². The van der Waals surface area contributed by atoms with Crippen molar-refractivity contribution in [1.82, 2.24) is 5.06 Å². The highest BCUT2D eigenvalue weighted by Crippen LogP contribution is 2.48. The number of methoxy groups -OCH3 is 1. The molecule has 0 bridgehead atoms. The van der Waals surface area contributed by atoms with Crippen molar-refractivity contribution < 1.29 is 54.5 Å². The molecule has 2 amide bonds. The Morgan fingerprint density at radius 3 is 2.15 bits per heavy atom. The van der Waals surface area contributed by atoms with E-state index in [-0.39, 0.29) is 29.1 Å². The minimum atomic E-state index is -4.49. The minimum absolute atomic E-state index is 0.0202. The molecule has 14 nitrogen and oxygen atoms in total. The average Bonchev–Trinajstić information content (AvgIpc) is 3.64. The molecule has 0 aliphatic carbocycles. The zero-order chi connectivity index (χ0) is 40.3. The first-order valence-electron chi connectivity index (χ1n) is 18.1. The number of fused-ring (bicyclic) bond motifs is 2. The van der Waals surface area contributed by atoms with E-state index in [9.17, 15) is 40.3 Å². The van der Waals surface area contributed by atoms with Crippen LogP contribution >= 0.6 is 0 Å². The Balaban J connectivity index is 1.41. The van der Waals surface area contributed by atoms with Gasteiger partial charge in [0, 0.05) is 80.4 Å². The number of rotatable bonds is 16. The smallest absolute Gasteiger partial charge is 0.333 e. The Labute approximate surface area is 322 Å². The Kier molecular flexibility index (Phi) is 12.4. The predicted octanol–water partition coefficient (Wildman–Crippen LogP) is 5.55. The number of likely N-dealkylation sites (N-methyl/N-ethyl adjacent to an activating group) is 1. The van der Waals surface area contributed by atoms with Gasteiger partial charge in [-0.1, -0.05) is 32.1 Å². The van der Waals surface area contributed by atoms with Gasteiger partial charge in [0.15, 0.2) is 5.71 Å². The second-order valence-corrected chi connectivity index (χ2v) is 17.3. The summed E-state index contributed by atoms with van der Waals surface area (Å²) in [6.45, 7) is 9.50. The summed E-state index contributed by atoms with van der Waals surface area (Å²) in [5.74, 6) is -1.73. The fourth-order valence-electron chi connectivity index (χ4n) is 7.54.